The van der Waals surface area contributed by atoms with Gasteiger partial charge in [-0.15, -0.1) is 0 Å². The molecule has 0 aliphatic heterocycles. The highest BCUT2D eigenvalue weighted by atomic mass is 79.9. The predicted molar refractivity (Wildman–Crippen MR) is 82.6 cm³/mol. The molecule has 2 aromatic rings. The van der Waals surface area contributed by atoms with E-state index in [4.69, 9.17) is 16.3 Å². The van der Waals surface area contributed by atoms with Crippen LogP contribution in [-0.4, -0.2) is 0 Å². The smallest absolute Gasteiger partial charge is 0.125 e. The Bertz CT molecular complexity index is 543. The van der Waals surface area contributed by atoms with Crippen molar-refractivity contribution in [1.82, 2.24) is 0 Å². The van der Waals surface area contributed by atoms with Crippen molar-refractivity contribution in [2.45, 2.75) is 11.9 Å². The maximum atomic E-state index is 6.12. The van der Waals surface area contributed by atoms with Crippen molar-refractivity contribution in [3.8, 4) is 5.75 Å². The first kappa shape index (κ1) is 13.9. The van der Waals surface area contributed by atoms with E-state index in [1.807, 2.05) is 42.5 Å². The van der Waals surface area contributed by atoms with Crippen LogP contribution in [0.1, 0.15) is 11.1 Å². The van der Waals surface area contributed by atoms with Crippen molar-refractivity contribution >= 4 is 43.5 Å². The second kappa shape index (κ2) is 6.60. The molecule has 2 aromatic carbocycles. The molecule has 0 saturated carbocycles. The molecular formula is C14H11Br2ClO. The SMILES string of the molecule is Clc1cccc(OCc2cccc(Br)c2)c1CBr. The molecule has 0 N–H and O–H groups in total. The zero-order chi connectivity index (χ0) is 13.0. The van der Waals surface area contributed by atoms with Crippen LogP contribution in [0.4, 0.5) is 0 Å². The van der Waals surface area contributed by atoms with Crippen molar-refractivity contribution in [3.63, 3.8) is 0 Å². The number of alkyl halides is 1. The van der Waals surface area contributed by atoms with Crippen LogP contribution in [0.25, 0.3) is 0 Å². The van der Waals surface area contributed by atoms with E-state index in [1.54, 1.807) is 0 Å². The van der Waals surface area contributed by atoms with Gasteiger partial charge in [-0.1, -0.05) is 61.7 Å². The summed E-state index contributed by atoms with van der Waals surface area (Å²) in [6.45, 7) is 0.528. The van der Waals surface area contributed by atoms with Gasteiger partial charge in [-0.2, -0.15) is 0 Å². The summed E-state index contributed by atoms with van der Waals surface area (Å²) in [6.07, 6.45) is 0. The topological polar surface area (TPSA) is 9.23 Å². The lowest BCUT2D eigenvalue weighted by Gasteiger charge is -2.11. The predicted octanol–water partition coefficient (Wildman–Crippen LogP) is 5.58. The van der Waals surface area contributed by atoms with Gasteiger partial charge < -0.3 is 4.74 Å². The van der Waals surface area contributed by atoms with E-state index < -0.39 is 0 Å². The Morgan fingerprint density at radius 3 is 2.61 bits per heavy atom. The largest absolute Gasteiger partial charge is 0.489 e. The summed E-state index contributed by atoms with van der Waals surface area (Å²) in [5.74, 6) is 0.819. The van der Waals surface area contributed by atoms with Gasteiger partial charge in [0.2, 0.25) is 0 Å². The third-order valence-electron chi connectivity index (χ3n) is 2.49. The zero-order valence-electron chi connectivity index (χ0n) is 9.50. The lowest BCUT2D eigenvalue weighted by molar-refractivity contribution is 0.304. The molecule has 94 valence electrons. The van der Waals surface area contributed by atoms with E-state index in [9.17, 15) is 0 Å². The minimum absolute atomic E-state index is 0.528. The second-order valence-corrected chi connectivity index (χ2v) is 5.65. The van der Waals surface area contributed by atoms with Crippen LogP contribution >= 0.6 is 43.5 Å². The van der Waals surface area contributed by atoms with Crippen LogP contribution in [0.15, 0.2) is 46.9 Å². The summed E-state index contributed by atoms with van der Waals surface area (Å²) in [5, 5.41) is 1.40. The lowest BCUT2D eigenvalue weighted by atomic mass is 10.2. The molecule has 0 fully saturated rings. The maximum Gasteiger partial charge on any atom is 0.125 e. The van der Waals surface area contributed by atoms with Gasteiger partial charge in [-0.3, -0.25) is 0 Å². The molecule has 1 nitrogen and oxygen atoms in total. The molecule has 4 heteroatoms. The molecule has 0 amide bonds. The molecule has 0 aromatic heterocycles. The fourth-order valence-electron chi connectivity index (χ4n) is 1.59. The highest BCUT2D eigenvalue weighted by Crippen LogP contribution is 2.29. The maximum absolute atomic E-state index is 6.12. The Morgan fingerprint density at radius 1 is 1.11 bits per heavy atom. The zero-order valence-corrected chi connectivity index (χ0v) is 13.4. The van der Waals surface area contributed by atoms with Gasteiger partial charge in [0.1, 0.15) is 12.4 Å². The number of ether oxygens (including phenoxy) is 1. The fraction of sp³-hybridized carbons (Fsp3) is 0.143. The van der Waals surface area contributed by atoms with Crippen molar-refractivity contribution in [2.24, 2.45) is 0 Å². The monoisotopic (exact) mass is 388 g/mol. The van der Waals surface area contributed by atoms with E-state index >= 15 is 0 Å². The van der Waals surface area contributed by atoms with Gasteiger partial charge in [0.15, 0.2) is 0 Å². The molecule has 0 aliphatic rings. The molecule has 0 aliphatic carbocycles. The molecule has 2 rings (SSSR count). The molecule has 0 heterocycles. The van der Waals surface area contributed by atoms with E-state index in [2.05, 4.69) is 31.9 Å². The van der Waals surface area contributed by atoms with Gasteiger partial charge in [0, 0.05) is 20.4 Å². The van der Waals surface area contributed by atoms with Crippen molar-refractivity contribution < 1.29 is 4.74 Å². The molecule has 0 radical (unpaired) electrons. The number of rotatable bonds is 4. The Hall–Kier alpha value is -0.510. The summed E-state index contributed by atoms with van der Waals surface area (Å²) in [6, 6.07) is 13.7. The minimum atomic E-state index is 0.528. The first-order valence-corrected chi connectivity index (χ1v) is 7.70. The van der Waals surface area contributed by atoms with Crippen LogP contribution in [0, 0.1) is 0 Å². The summed E-state index contributed by atoms with van der Waals surface area (Å²) >= 11 is 13.0. The number of hydrogen-bond acceptors (Lipinski definition) is 1. The molecule has 0 unspecified atom stereocenters. The summed E-state index contributed by atoms with van der Waals surface area (Å²) in [4.78, 5) is 0. The fourth-order valence-corrected chi connectivity index (χ4v) is 3.01. The van der Waals surface area contributed by atoms with Gasteiger partial charge in [0.25, 0.3) is 0 Å². The van der Waals surface area contributed by atoms with Crippen LogP contribution in [0.5, 0.6) is 5.75 Å². The van der Waals surface area contributed by atoms with Crippen molar-refractivity contribution in [1.29, 1.82) is 0 Å². The normalized spacial score (nSPS) is 10.4. The summed E-state index contributed by atoms with van der Waals surface area (Å²) in [5.41, 5.74) is 2.10. The highest BCUT2D eigenvalue weighted by Gasteiger charge is 2.07. The van der Waals surface area contributed by atoms with E-state index in [-0.39, 0.29) is 0 Å². The molecule has 18 heavy (non-hydrogen) atoms. The third kappa shape index (κ3) is 3.50. The van der Waals surface area contributed by atoms with E-state index in [0.717, 1.165) is 26.4 Å². The van der Waals surface area contributed by atoms with Crippen LogP contribution in [-0.2, 0) is 11.9 Å². The van der Waals surface area contributed by atoms with Crippen LogP contribution in [0.3, 0.4) is 0 Å². The molecule has 0 atom stereocenters. The van der Waals surface area contributed by atoms with E-state index in [0.29, 0.717) is 11.9 Å². The summed E-state index contributed by atoms with van der Waals surface area (Å²) in [7, 11) is 0. The molecule has 0 bridgehead atoms. The van der Waals surface area contributed by atoms with Crippen LogP contribution in [0.2, 0.25) is 5.02 Å². The lowest BCUT2D eigenvalue weighted by Crippen LogP contribution is -1.98. The number of hydrogen-bond donors (Lipinski definition) is 0. The van der Waals surface area contributed by atoms with Gasteiger partial charge >= 0.3 is 0 Å². The van der Waals surface area contributed by atoms with E-state index in [1.165, 1.54) is 0 Å². The molecule has 0 spiro atoms. The van der Waals surface area contributed by atoms with Crippen molar-refractivity contribution in [2.75, 3.05) is 0 Å². The minimum Gasteiger partial charge on any atom is -0.489 e. The van der Waals surface area contributed by atoms with Gasteiger partial charge in [-0.25, -0.2) is 0 Å². The average molecular weight is 391 g/mol. The highest BCUT2D eigenvalue weighted by molar-refractivity contribution is 9.10. The third-order valence-corrected chi connectivity index (χ3v) is 3.90. The quantitative estimate of drug-likeness (QED) is 0.620. The number of benzene rings is 2. The Balaban J connectivity index is 2.13. The average Bonchev–Trinajstić information content (AvgIpc) is 2.36. The van der Waals surface area contributed by atoms with Crippen molar-refractivity contribution in [3.05, 3.63) is 63.1 Å². The van der Waals surface area contributed by atoms with Gasteiger partial charge in [0.05, 0.1) is 0 Å². The Morgan fingerprint density at radius 2 is 1.89 bits per heavy atom. The second-order valence-electron chi connectivity index (χ2n) is 3.77. The molecule has 0 saturated heterocycles. The Kier molecular flexibility index (Phi) is 5.10. The van der Waals surface area contributed by atoms with Crippen LogP contribution < -0.4 is 4.74 Å². The van der Waals surface area contributed by atoms with Gasteiger partial charge in [-0.05, 0) is 29.8 Å². The summed E-state index contributed by atoms with van der Waals surface area (Å²) < 4.78 is 6.87. The first-order chi connectivity index (χ1) is 8.70. The Labute approximate surface area is 128 Å². The first-order valence-electron chi connectivity index (χ1n) is 5.41. The number of halogens is 3. The molecular weight excluding hydrogens is 379 g/mol. The standard InChI is InChI=1S/C14H11Br2ClO/c15-8-12-13(17)5-2-6-14(12)18-9-10-3-1-4-11(16)7-10/h1-7H,8-9H2.